The van der Waals surface area contributed by atoms with E-state index in [1.165, 1.54) is 34.0 Å². The Kier molecular flexibility index (Phi) is 8.20. The molecular weight excluding hydrogens is 550 g/mol. The normalized spacial score (nSPS) is 23.3. The van der Waals surface area contributed by atoms with Crippen LogP contribution in [0.2, 0.25) is 5.02 Å². The number of hydrogen-bond acceptors (Lipinski definition) is 12. The Morgan fingerprint density at radius 2 is 2.11 bits per heavy atom. The first-order chi connectivity index (χ1) is 18.5. The van der Waals surface area contributed by atoms with Crippen molar-refractivity contribution < 1.29 is 19.7 Å². The second kappa shape index (κ2) is 11.7. The van der Waals surface area contributed by atoms with E-state index in [9.17, 15) is 15.5 Å². The number of aliphatic hydroxyl groups is 2. The molecule has 5 atom stereocenters. The average molecular weight is 572 g/mol. The lowest BCUT2D eigenvalue weighted by Crippen LogP contribution is -2.55. The minimum Gasteiger partial charge on any atom is -0.394 e. The number of thioether (sulfide) groups is 1. The lowest BCUT2D eigenvalue weighted by molar-refractivity contribution is -0.196. The predicted molar refractivity (Wildman–Crippen MR) is 141 cm³/mol. The number of thiazole rings is 1. The van der Waals surface area contributed by atoms with E-state index in [-0.39, 0.29) is 12.3 Å². The van der Waals surface area contributed by atoms with E-state index in [0.29, 0.717) is 26.4 Å². The lowest BCUT2D eigenvalue weighted by Gasteiger charge is -2.43. The van der Waals surface area contributed by atoms with Crippen molar-refractivity contribution in [3.8, 4) is 17.5 Å². The van der Waals surface area contributed by atoms with Gasteiger partial charge in [0.25, 0.3) is 0 Å². The number of ether oxygens (including phenoxy) is 2. The molecule has 1 fully saturated rings. The molecule has 0 aliphatic carbocycles. The van der Waals surface area contributed by atoms with Crippen molar-refractivity contribution in [3.63, 3.8) is 0 Å². The first-order valence-electron chi connectivity index (χ1n) is 11.4. The molecule has 0 radical (unpaired) electrons. The standard InChI is InChI=1S/C24H22ClN7O4S2/c25-14-6-19(15(7-26)28-8-14)38-23-22(35-11-13-4-2-1-3-5-13)20(21(34)18(10-33)36-23)32-9-16(30-31-32)17-12-37-24(27)29-17/h1-6,8-9,12,18,20-23,33-34H,10-11H2,(H2,27,29)/t18?,20?,21-,22?,23+/m0/s1. The molecule has 5 rings (SSSR count). The Balaban J connectivity index is 1.52. The predicted octanol–water partition coefficient (Wildman–Crippen LogP) is 2.90. The number of benzene rings is 1. The highest BCUT2D eigenvalue weighted by Gasteiger charge is 2.48. The Hall–Kier alpha value is -3.09. The van der Waals surface area contributed by atoms with Gasteiger partial charge >= 0.3 is 0 Å². The fourth-order valence-corrected chi connectivity index (χ4v) is 6.07. The van der Waals surface area contributed by atoms with E-state index in [1.54, 1.807) is 17.6 Å². The van der Waals surface area contributed by atoms with Gasteiger partial charge in [0.05, 0.1) is 24.4 Å². The van der Waals surface area contributed by atoms with Gasteiger partial charge in [-0.15, -0.1) is 16.4 Å². The van der Waals surface area contributed by atoms with Crippen molar-refractivity contribution in [2.45, 2.75) is 41.3 Å². The van der Waals surface area contributed by atoms with Gasteiger partial charge in [-0.2, -0.15) is 5.26 Å². The molecule has 1 saturated heterocycles. The third-order valence-corrected chi connectivity index (χ3v) is 7.94. The smallest absolute Gasteiger partial charge is 0.180 e. The van der Waals surface area contributed by atoms with Gasteiger partial charge in [0.2, 0.25) is 0 Å². The zero-order chi connectivity index (χ0) is 26.6. The van der Waals surface area contributed by atoms with Gasteiger partial charge < -0.3 is 25.4 Å². The van der Waals surface area contributed by atoms with Crippen LogP contribution in [-0.4, -0.2) is 65.5 Å². The number of hydrogen-bond donors (Lipinski definition) is 3. The average Bonchev–Trinajstić information content (AvgIpc) is 3.58. The number of pyridine rings is 1. The molecule has 0 saturated carbocycles. The molecular formula is C24H22ClN7O4S2. The largest absolute Gasteiger partial charge is 0.394 e. The molecule has 4 heterocycles. The Morgan fingerprint density at radius 1 is 1.29 bits per heavy atom. The molecule has 38 heavy (non-hydrogen) atoms. The monoisotopic (exact) mass is 571 g/mol. The van der Waals surface area contributed by atoms with Crippen LogP contribution in [0.25, 0.3) is 11.4 Å². The maximum Gasteiger partial charge on any atom is 0.180 e. The number of nitrogens with two attached hydrogens (primary N) is 1. The van der Waals surface area contributed by atoms with Crippen molar-refractivity contribution in [2.24, 2.45) is 0 Å². The summed E-state index contributed by atoms with van der Waals surface area (Å²) < 4.78 is 14.0. The third kappa shape index (κ3) is 5.67. The number of halogens is 1. The highest BCUT2D eigenvalue weighted by Crippen LogP contribution is 2.41. The molecule has 3 aromatic heterocycles. The van der Waals surface area contributed by atoms with Crippen LogP contribution in [0, 0.1) is 11.3 Å². The lowest BCUT2D eigenvalue weighted by atomic mass is 9.97. The third-order valence-electron chi connectivity index (χ3n) is 5.88. The number of nitrogen functional groups attached to an aromatic ring is 1. The molecule has 4 aromatic rings. The van der Waals surface area contributed by atoms with Crippen LogP contribution in [0.1, 0.15) is 17.3 Å². The second-order valence-electron chi connectivity index (χ2n) is 8.35. The van der Waals surface area contributed by atoms with E-state index in [2.05, 4.69) is 26.3 Å². The summed E-state index contributed by atoms with van der Waals surface area (Å²) in [7, 11) is 0. The van der Waals surface area contributed by atoms with Crippen molar-refractivity contribution >= 4 is 39.8 Å². The van der Waals surface area contributed by atoms with E-state index < -0.39 is 36.4 Å². The Morgan fingerprint density at radius 3 is 2.82 bits per heavy atom. The van der Waals surface area contributed by atoms with Crippen molar-refractivity contribution in [3.05, 3.63) is 70.5 Å². The molecule has 196 valence electrons. The van der Waals surface area contributed by atoms with Gasteiger partial charge in [0.1, 0.15) is 47.2 Å². The molecule has 0 spiro atoms. The van der Waals surface area contributed by atoms with Crippen LogP contribution in [0.4, 0.5) is 5.13 Å². The zero-order valence-corrected chi connectivity index (χ0v) is 22.1. The number of nitrogens with zero attached hydrogens (tertiary/aromatic N) is 6. The maximum absolute atomic E-state index is 11.3. The topological polar surface area (TPSA) is 165 Å². The van der Waals surface area contributed by atoms with E-state index in [0.717, 1.165) is 5.56 Å². The minimum absolute atomic E-state index is 0.164. The Bertz CT molecular complexity index is 1430. The molecule has 3 unspecified atom stereocenters. The summed E-state index contributed by atoms with van der Waals surface area (Å²) in [6, 6.07) is 12.4. The number of aromatic nitrogens is 5. The molecule has 4 N–H and O–H groups in total. The van der Waals surface area contributed by atoms with Crippen LogP contribution in [0.5, 0.6) is 0 Å². The molecule has 0 amide bonds. The maximum atomic E-state index is 11.3. The summed E-state index contributed by atoms with van der Waals surface area (Å²) in [5.41, 5.74) is 7.09. The molecule has 14 heteroatoms. The fraction of sp³-hybridized carbons (Fsp3) is 0.292. The van der Waals surface area contributed by atoms with Crippen molar-refractivity contribution in [1.29, 1.82) is 5.26 Å². The minimum atomic E-state index is -1.19. The van der Waals surface area contributed by atoms with Crippen molar-refractivity contribution in [2.75, 3.05) is 12.3 Å². The molecule has 0 bridgehead atoms. The van der Waals surface area contributed by atoms with Gasteiger partial charge in [0.15, 0.2) is 10.8 Å². The van der Waals surface area contributed by atoms with Crippen LogP contribution in [0.15, 0.2) is 59.1 Å². The quantitative estimate of drug-likeness (QED) is 0.284. The molecule has 1 aliphatic rings. The highest BCUT2D eigenvalue weighted by atomic mass is 35.5. The molecule has 1 aliphatic heterocycles. The van der Waals surface area contributed by atoms with Gasteiger partial charge in [-0.25, -0.2) is 14.6 Å². The van der Waals surface area contributed by atoms with Gasteiger partial charge in [0, 0.05) is 16.5 Å². The van der Waals surface area contributed by atoms with E-state index in [4.69, 9.17) is 26.8 Å². The summed E-state index contributed by atoms with van der Waals surface area (Å²) >= 11 is 8.61. The summed E-state index contributed by atoms with van der Waals surface area (Å²) in [5, 5.41) is 41.9. The highest BCUT2D eigenvalue weighted by molar-refractivity contribution is 7.99. The first-order valence-corrected chi connectivity index (χ1v) is 13.6. The van der Waals surface area contributed by atoms with Crippen LogP contribution < -0.4 is 5.73 Å². The number of aliphatic hydroxyl groups excluding tert-OH is 2. The van der Waals surface area contributed by atoms with E-state index >= 15 is 0 Å². The van der Waals surface area contributed by atoms with Gasteiger partial charge in [-0.1, -0.05) is 58.9 Å². The number of rotatable bonds is 8. The fourth-order valence-electron chi connectivity index (χ4n) is 4.07. The SMILES string of the molecule is N#Cc1ncc(Cl)cc1S[C@H]1OC(CO)[C@H](O)C(n2cc(-c3csc(N)n3)nn2)C1OCc1ccccc1. The summed E-state index contributed by atoms with van der Waals surface area (Å²) in [5.74, 6) is 0. The van der Waals surface area contributed by atoms with Crippen LogP contribution in [-0.2, 0) is 16.1 Å². The zero-order valence-electron chi connectivity index (χ0n) is 19.7. The van der Waals surface area contributed by atoms with Crippen molar-refractivity contribution in [1.82, 2.24) is 25.0 Å². The van der Waals surface area contributed by atoms with Crippen LogP contribution in [0.3, 0.4) is 0 Å². The first kappa shape index (κ1) is 26.5. The van der Waals surface area contributed by atoms with E-state index in [1.807, 2.05) is 30.3 Å². The van der Waals surface area contributed by atoms with Crippen LogP contribution >= 0.6 is 34.7 Å². The summed E-state index contributed by atoms with van der Waals surface area (Å²) in [6.07, 6.45) is 0.0822. The van der Waals surface area contributed by atoms with Gasteiger partial charge in [-0.05, 0) is 11.6 Å². The summed E-state index contributed by atoms with van der Waals surface area (Å²) in [4.78, 5) is 8.82. The molecule has 11 nitrogen and oxygen atoms in total. The second-order valence-corrected chi connectivity index (χ2v) is 10.8. The van der Waals surface area contributed by atoms with Gasteiger partial charge in [-0.3, -0.25) is 0 Å². The summed E-state index contributed by atoms with van der Waals surface area (Å²) in [6.45, 7) is -0.245. The number of anilines is 1. The molecule has 1 aromatic carbocycles. The number of nitriles is 1. The Labute approximate surface area is 230 Å².